The Balaban J connectivity index is 1.89. The number of benzene rings is 1. The van der Waals surface area contributed by atoms with Crippen molar-refractivity contribution in [2.45, 2.75) is 25.3 Å². The molecule has 17 heavy (non-hydrogen) atoms. The van der Waals surface area contributed by atoms with Crippen LogP contribution in [-0.2, 0) is 6.42 Å². The van der Waals surface area contributed by atoms with Crippen molar-refractivity contribution >= 4 is 5.78 Å². The monoisotopic (exact) mass is 231 g/mol. The average molecular weight is 231 g/mol. The molecule has 0 bridgehead atoms. The molecule has 1 aliphatic heterocycles. The molecule has 0 spiro atoms. The number of ketones is 1. The van der Waals surface area contributed by atoms with Gasteiger partial charge in [-0.3, -0.25) is 4.79 Å². The van der Waals surface area contributed by atoms with E-state index in [4.69, 9.17) is 4.74 Å². The molecule has 0 saturated carbocycles. The van der Waals surface area contributed by atoms with Gasteiger partial charge in [-0.15, -0.1) is 0 Å². The van der Waals surface area contributed by atoms with Crippen LogP contribution in [0.15, 0.2) is 18.2 Å². The van der Waals surface area contributed by atoms with E-state index in [1.165, 1.54) is 12.0 Å². The highest BCUT2D eigenvalue weighted by atomic mass is 16.5. The van der Waals surface area contributed by atoms with E-state index >= 15 is 0 Å². The van der Waals surface area contributed by atoms with E-state index < -0.39 is 0 Å². The van der Waals surface area contributed by atoms with Gasteiger partial charge in [0.1, 0.15) is 5.75 Å². The summed E-state index contributed by atoms with van der Waals surface area (Å²) in [7, 11) is 1.64. The Morgan fingerprint density at radius 3 is 3.00 bits per heavy atom. The van der Waals surface area contributed by atoms with E-state index in [0.717, 1.165) is 30.7 Å². The molecule has 0 amide bonds. The Morgan fingerprint density at radius 2 is 2.29 bits per heavy atom. The van der Waals surface area contributed by atoms with E-state index in [1.807, 2.05) is 18.2 Å². The average Bonchev–Trinajstić information content (AvgIpc) is 2.97. The summed E-state index contributed by atoms with van der Waals surface area (Å²) < 4.78 is 5.18. The lowest BCUT2D eigenvalue weighted by molar-refractivity contribution is 0.0914. The van der Waals surface area contributed by atoms with Gasteiger partial charge in [-0.1, -0.05) is 6.07 Å². The summed E-state index contributed by atoms with van der Waals surface area (Å²) in [5, 5.41) is 3.44. The number of fused-ring (bicyclic) bond motifs is 1. The largest absolute Gasteiger partial charge is 0.497 e. The Morgan fingerprint density at radius 1 is 1.41 bits per heavy atom. The van der Waals surface area contributed by atoms with Crippen molar-refractivity contribution in [3.8, 4) is 5.75 Å². The Hall–Kier alpha value is -1.35. The van der Waals surface area contributed by atoms with Crippen molar-refractivity contribution in [2.75, 3.05) is 13.7 Å². The van der Waals surface area contributed by atoms with Crippen LogP contribution < -0.4 is 10.1 Å². The minimum atomic E-state index is 0.139. The summed E-state index contributed by atoms with van der Waals surface area (Å²) in [4.78, 5) is 12.4. The standard InChI is InChI=1S/C14H17NO2/c1-17-10-5-4-9-7-12(13-3-2-6-15-13)14(16)11(9)8-10/h4-5,8,12-13,15H,2-3,6-7H2,1H3. The molecular formula is C14H17NO2. The van der Waals surface area contributed by atoms with E-state index in [1.54, 1.807) is 7.11 Å². The molecule has 1 aliphatic carbocycles. The third-order valence-electron chi connectivity index (χ3n) is 3.94. The molecule has 3 heteroatoms. The number of carbonyl (C=O) groups is 1. The van der Waals surface area contributed by atoms with Gasteiger partial charge in [0, 0.05) is 17.5 Å². The van der Waals surface area contributed by atoms with Gasteiger partial charge in [-0.05, 0) is 43.5 Å². The first kappa shape index (κ1) is 10.8. The minimum absolute atomic E-state index is 0.139. The maximum atomic E-state index is 12.4. The van der Waals surface area contributed by atoms with E-state index in [9.17, 15) is 4.79 Å². The molecule has 2 aliphatic rings. The maximum Gasteiger partial charge on any atom is 0.168 e. The van der Waals surface area contributed by atoms with Gasteiger partial charge in [0.25, 0.3) is 0 Å². The second kappa shape index (κ2) is 4.15. The molecule has 1 heterocycles. The third-order valence-corrected chi connectivity index (χ3v) is 3.94. The van der Waals surface area contributed by atoms with Crippen LogP contribution in [0.25, 0.3) is 0 Å². The second-order valence-corrected chi connectivity index (χ2v) is 4.90. The molecule has 0 radical (unpaired) electrons. The summed E-state index contributed by atoms with van der Waals surface area (Å²) in [5.41, 5.74) is 2.04. The molecule has 0 aromatic heterocycles. The summed E-state index contributed by atoms with van der Waals surface area (Å²) in [5.74, 6) is 1.20. The molecule has 1 fully saturated rings. The molecule has 1 N–H and O–H groups in total. The first-order valence-corrected chi connectivity index (χ1v) is 6.24. The fraction of sp³-hybridized carbons (Fsp3) is 0.500. The zero-order chi connectivity index (χ0) is 11.8. The van der Waals surface area contributed by atoms with E-state index in [-0.39, 0.29) is 5.92 Å². The second-order valence-electron chi connectivity index (χ2n) is 4.90. The van der Waals surface area contributed by atoms with Crippen molar-refractivity contribution in [3.05, 3.63) is 29.3 Å². The van der Waals surface area contributed by atoms with Crippen molar-refractivity contribution in [1.82, 2.24) is 5.32 Å². The molecule has 1 aromatic rings. The van der Waals surface area contributed by atoms with Gasteiger partial charge in [-0.2, -0.15) is 0 Å². The quantitative estimate of drug-likeness (QED) is 0.843. The van der Waals surface area contributed by atoms with Crippen molar-refractivity contribution in [3.63, 3.8) is 0 Å². The molecule has 1 saturated heterocycles. The number of nitrogens with one attached hydrogen (secondary N) is 1. The zero-order valence-electron chi connectivity index (χ0n) is 10.0. The molecular weight excluding hydrogens is 214 g/mol. The van der Waals surface area contributed by atoms with Gasteiger partial charge in [0.2, 0.25) is 0 Å². The maximum absolute atomic E-state index is 12.4. The number of rotatable bonds is 2. The lowest BCUT2D eigenvalue weighted by atomic mass is 9.94. The SMILES string of the molecule is COc1ccc2c(c1)C(=O)C(C1CCCN1)C2. The van der Waals surface area contributed by atoms with Gasteiger partial charge < -0.3 is 10.1 Å². The van der Waals surface area contributed by atoms with E-state index in [2.05, 4.69) is 5.32 Å². The number of carbonyl (C=O) groups excluding carboxylic acids is 1. The lowest BCUT2D eigenvalue weighted by Crippen LogP contribution is -2.33. The highest BCUT2D eigenvalue weighted by Crippen LogP contribution is 2.33. The fourth-order valence-corrected chi connectivity index (χ4v) is 3.00. The van der Waals surface area contributed by atoms with Crippen LogP contribution in [0.2, 0.25) is 0 Å². The van der Waals surface area contributed by atoms with Gasteiger partial charge in [0.15, 0.2) is 5.78 Å². The first-order valence-electron chi connectivity index (χ1n) is 6.24. The Kier molecular flexibility index (Phi) is 2.63. The molecule has 2 atom stereocenters. The zero-order valence-corrected chi connectivity index (χ0v) is 10.0. The predicted octanol–water partition coefficient (Wildman–Crippen LogP) is 1.80. The smallest absolute Gasteiger partial charge is 0.168 e. The minimum Gasteiger partial charge on any atom is -0.497 e. The molecule has 90 valence electrons. The summed E-state index contributed by atoms with van der Waals surface area (Å²) in [6.07, 6.45) is 3.20. The predicted molar refractivity (Wildman–Crippen MR) is 65.5 cm³/mol. The lowest BCUT2D eigenvalue weighted by Gasteiger charge is -2.16. The number of Topliss-reactive ketones (excluding diaryl/α,β-unsaturated/α-hetero) is 1. The fourth-order valence-electron chi connectivity index (χ4n) is 3.00. The summed E-state index contributed by atoms with van der Waals surface area (Å²) >= 11 is 0. The number of methoxy groups -OCH3 is 1. The number of hydrogen-bond donors (Lipinski definition) is 1. The molecule has 3 nitrogen and oxygen atoms in total. The van der Waals surface area contributed by atoms with Crippen molar-refractivity contribution in [2.24, 2.45) is 5.92 Å². The summed E-state index contributed by atoms with van der Waals surface area (Å²) in [6, 6.07) is 6.23. The van der Waals surface area contributed by atoms with Crippen LogP contribution in [0.1, 0.15) is 28.8 Å². The van der Waals surface area contributed by atoms with Crippen LogP contribution >= 0.6 is 0 Å². The van der Waals surface area contributed by atoms with Crippen LogP contribution in [-0.4, -0.2) is 25.5 Å². The Labute approximate surface area is 101 Å². The molecule has 3 rings (SSSR count). The van der Waals surface area contributed by atoms with Crippen LogP contribution in [0, 0.1) is 5.92 Å². The molecule has 1 aromatic carbocycles. The van der Waals surface area contributed by atoms with E-state index in [0.29, 0.717) is 11.8 Å². The van der Waals surface area contributed by atoms with Gasteiger partial charge >= 0.3 is 0 Å². The van der Waals surface area contributed by atoms with Crippen LogP contribution in [0.3, 0.4) is 0 Å². The van der Waals surface area contributed by atoms with Gasteiger partial charge in [0.05, 0.1) is 7.11 Å². The van der Waals surface area contributed by atoms with Gasteiger partial charge in [-0.25, -0.2) is 0 Å². The highest BCUT2D eigenvalue weighted by molar-refractivity contribution is 6.03. The number of hydrogen-bond acceptors (Lipinski definition) is 3. The molecule has 2 unspecified atom stereocenters. The number of ether oxygens (including phenoxy) is 1. The normalized spacial score (nSPS) is 27.2. The topological polar surface area (TPSA) is 38.3 Å². The Bertz CT molecular complexity index is 450. The summed E-state index contributed by atoms with van der Waals surface area (Å²) in [6.45, 7) is 1.05. The third kappa shape index (κ3) is 1.75. The van der Waals surface area contributed by atoms with Crippen LogP contribution in [0.4, 0.5) is 0 Å². The van der Waals surface area contributed by atoms with Crippen molar-refractivity contribution < 1.29 is 9.53 Å². The highest BCUT2D eigenvalue weighted by Gasteiger charge is 2.37. The van der Waals surface area contributed by atoms with Crippen molar-refractivity contribution in [1.29, 1.82) is 0 Å². The first-order chi connectivity index (χ1) is 8.29. The van der Waals surface area contributed by atoms with Crippen LogP contribution in [0.5, 0.6) is 5.75 Å².